The van der Waals surface area contributed by atoms with Crippen molar-refractivity contribution in [3.63, 3.8) is 0 Å². The van der Waals surface area contributed by atoms with Crippen LogP contribution in [-0.2, 0) is 5.41 Å². The van der Waals surface area contributed by atoms with Crippen molar-refractivity contribution in [3.05, 3.63) is 33.8 Å². The first-order valence-corrected chi connectivity index (χ1v) is 5.14. The lowest BCUT2D eigenvalue weighted by Crippen LogP contribution is -2.21. The first-order chi connectivity index (χ1) is 5.97. The van der Waals surface area contributed by atoms with Gasteiger partial charge in [-0.15, -0.1) is 0 Å². The first kappa shape index (κ1) is 10.7. The fraction of sp³-hybridized carbons (Fsp3) is 0.455. The topological polar surface area (TPSA) is 20.2 Å². The molecule has 1 aromatic carbocycles. The van der Waals surface area contributed by atoms with Crippen LogP contribution in [-0.4, -0.2) is 11.7 Å². The number of aryl methyl sites for hydroxylation is 1. The van der Waals surface area contributed by atoms with E-state index in [1.54, 1.807) is 0 Å². The van der Waals surface area contributed by atoms with Crippen molar-refractivity contribution in [1.82, 2.24) is 0 Å². The Morgan fingerprint density at radius 1 is 1.38 bits per heavy atom. The van der Waals surface area contributed by atoms with Gasteiger partial charge in [-0.1, -0.05) is 41.9 Å². The normalized spacial score (nSPS) is 11.8. The molecule has 0 saturated carbocycles. The average molecular weight is 243 g/mol. The molecule has 0 aromatic heterocycles. The molecule has 0 aliphatic heterocycles. The predicted molar refractivity (Wildman–Crippen MR) is 59.0 cm³/mol. The smallest absolute Gasteiger partial charge is 0.0522 e. The lowest BCUT2D eigenvalue weighted by atomic mass is 9.85. The zero-order valence-electron chi connectivity index (χ0n) is 8.26. The third-order valence-corrected chi connectivity index (χ3v) is 3.22. The van der Waals surface area contributed by atoms with Gasteiger partial charge in [0.15, 0.2) is 0 Å². The highest BCUT2D eigenvalue weighted by Gasteiger charge is 2.19. The highest BCUT2D eigenvalue weighted by atomic mass is 79.9. The lowest BCUT2D eigenvalue weighted by Gasteiger charge is -2.22. The van der Waals surface area contributed by atoms with Crippen LogP contribution in [0.2, 0.25) is 0 Å². The van der Waals surface area contributed by atoms with Crippen LogP contribution in [0.25, 0.3) is 0 Å². The van der Waals surface area contributed by atoms with E-state index in [0.717, 1.165) is 4.47 Å². The number of rotatable bonds is 2. The van der Waals surface area contributed by atoms with Gasteiger partial charge in [-0.3, -0.25) is 0 Å². The molecule has 72 valence electrons. The van der Waals surface area contributed by atoms with Crippen LogP contribution < -0.4 is 0 Å². The molecule has 0 heterocycles. The molecule has 13 heavy (non-hydrogen) atoms. The molecule has 1 rings (SSSR count). The summed E-state index contributed by atoms with van der Waals surface area (Å²) in [6.45, 7) is 6.31. The second kappa shape index (κ2) is 3.81. The fourth-order valence-electron chi connectivity index (χ4n) is 1.16. The Hall–Kier alpha value is -0.340. The van der Waals surface area contributed by atoms with E-state index in [2.05, 4.69) is 28.9 Å². The summed E-state index contributed by atoms with van der Waals surface area (Å²) in [5.74, 6) is 0. The van der Waals surface area contributed by atoms with Gasteiger partial charge in [-0.05, 0) is 24.1 Å². The summed E-state index contributed by atoms with van der Waals surface area (Å²) in [6.07, 6.45) is 0. The van der Waals surface area contributed by atoms with Crippen LogP contribution in [0.1, 0.15) is 25.0 Å². The Balaban J connectivity index is 3.10. The number of aliphatic hydroxyl groups excluding tert-OH is 1. The van der Waals surface area contributed by atoms with Gasteiger partial charge >= 0.3 is 0 Å². The van der Waals surface area contributed by atoms with E-state index in [1.165, 1.54) is 11.1 Å². The minimum absolute atomic E-state index is 0.147. The van der Waals surface area contributed by atoms with E-state index < -0.39 is 0 Å². The molecule has 1 N–H and O–H groups in total. The molecule has 1 nitrogen and oxygen atoms in total. The Kier molecular flexibility index (Phi) is 3.14. The van der Waals surface area contributed by atoms with Crippen LogP contribution >= 0.6 is 15.9 Å². The molecule has 0 unspecified atom stereocenters. The van der Waals surface area contributed by atoms with Crippen molar-refractivity contribution in [2.75, 3.05) is 6.61 Å². The first-order valence-electron chi connectivity index (χ1n) is 4.35. The molecular formula is C11H15BrO. The molecule has 0 radical (unpaired) electrons. The van der Waals surface area contributed by atoms with Crippen LogP contribution in [0.3, 0.4) is 0 Å². The van der Waals surface area contributed by atoms with E-state index in [1.807, 2.05) is 26.0 Å². The van der Waals surface area contributed by atoms with Gasteiger partial charge < -0.3 is 5.11 Å². The summed E-state index contributed by atoms with van der Waals surface area (Å²) in [4.78, 5) is 0. The summed E-state index contributed by atoms with van der Waals surface area (Å²) >= 11 is 3.46. The molecule has 0 fully saturated rings. The van der Waals surface area contributed by atoms with Crippen LogP contribution in [0.4, 0.5) is 0 Å². The average Bonchev–Trinajstić information content (AvgIpc) is 2.09. The predicted octanol–water partition coefficient (Wildman–Crippen LogP) is 3.03. The molecule has 1 aromatic rings. The quantitative estimate of drug-likeness (QED) is 0.846. The fourth-order valence-corrected chi connectivity index (χ4v) is 1.40. The maximum absolute atomic E-state index is 9.20. The molecule has 0 amide bonds. The molecule has 2 heteroatoms. The summed E-state index contributed by atoms with van der Waals surface area (Å²) in [6, 6.07) is 6.19. The molecule has 0 aliphatic carbocycles. The Morgan fingerprint density at radius 2 is 2.00 bits per heavy atom. The SMILES string of the molecule is Cc1cc(C(C)(C)CO)ccc1Br. The van der Waals surface area contributed by atoms with Crippen LogP contribution in [0.5, 0.6) is 0 Å². The Morgan fingerprint density at radius 3 is 2.46 bits per heavy atom. The minimum atomic E-state index is -0.147. The maximum atomic E-state index is 9.20. The lowest BCUT2D eigenvalue weighted by molar-refractivity contribution is 0.218. The Bertz CT molecular complexity index is 305. The third kappa shape index (κ3) is 2.32. The molecule has 0 aliphatic rings. The van der Waals surface area contributed by atoms with E-state index in [4.69, 9.17) is 0 Å². The largest absolute Gasteiger partial charge is 0.395 e. The van der Waals surface area contributed by atoms with Crippen LogP contribution in [0.15, 0.2) is 22.7 Å². The van der Waals surface area contributed by atoms with Gasteiger partial charge in [-0.25, -0.2) is 0 Å². The van der Waals surface area contributed by atoms with E-state index >= 15 is 0 Å². The van der Waals surface area contributed by atoms with E-state index in [-0.39, 0.29) is 12.0 Å². The van der Waals surface area contributed by atoms with Crippen molar-refractivity contribution in [3.8, 4) is 0 Å². The van der Waals surface area contributed by atoms with Crippen molar-refractivity contribution in [1.29, 1.82) is 0 Å². The van der Waals surface area contributed by atoms with Crippen LogP contribution in [0, 0.1) is 6.92 Å². The van der Waals surface area contributed by atoms with Crippen molar-refractivity contribution in [2.24, 2.45) is 0 Å². The second-order valence-electron chi connectivity index (χ2n) is 4.01. The third-order valence-electron chi connectivity index (χ3n) is 2.33. The molecule has 0 spiro atoms. The molecule has 0 atom stereocenters. The summed E-state index contributed by atoms with van der Waals surface area (Å²) in [5, 5.41) is 9.20. The van der Waals surface area contributed by atoms with Gasteiger partial charge in [-0.2, -0.15) is 0 Å². The number of benzene rings is 1. The van der Waals surface area contributed by atoms with Gasteiger partial charge in [0.2, 0.25) is 0 Å². The standard InChI is InChI=1S/C11H15BrO/c1-8-6-9(4-5-10(8)12)11(2,3)7-13/h4-6,13H,7H2,1-3H3. The van der Waals surface area contributed by atoms with Gasteiger partial charge in [0.25, 0.3) is 0 Å². The van der Waals surface area contributed by atoms with Gasteiger partial charge in [0.05, 0.1) is 6.61 Å². The number of halogens is 1. The maximum Gasteiger partial charge on any atom is 0.0522 e. The monoisotopic (exact) mass is 242 g/mol. The summed E-state index contributed by atoms with van der Waals surface area (Å²) < 4.78 is 1.12. The van der Waals surface area contributed by atoms with Crippen molar-refractivity contribution < 1.29 is 5.11 Å². The molecular weight excluding hydrogens is 228 g/mol. The van der Waals surface area contributed by atoms with Gasteiger partial charge in [0, 0.05) is 9.89 Å². The summed E-state index contributed by atoms with van der Waals surface area (Å²) in [5.41, 5.74) is 2.24. The molecule has 0 saturated heterocycles. The van der Waals surface area contributed by atoms with Crippen molar-refractivity contribution >= 4 is 15.9 Å². The van der Waals surface area contributed by atoms with E-state index in [9.17, 15) is 5.11 Å². The zero-order valence-corrected chi connectivity index (χ0v) is 9.85. The summed E-state index contributed by atoms with van der Waals surface area (Å²) in [7, 11) is 0. The number of aliphatic hydroxyl groups is 1. The second-order valence-corrected chi connectivity index (χ2v) is 4.86. The number of hydrogen-bond acceptors (Lipinski definition) is 1. The highest BCUT2D eigenvalue weighted by Crippen LogP contribution is 2.26. The number of hydrogen-bond donors (Lipinski definition) is 1. The van der Waals surface area contributed by atoms with Crippen molar-refractivity contribution in [2.45, 2.75) is 26.2 Å². The minimum Gasteiger partial charge on any atom is -0.395 e. The highest BCUT2D eigenvalue weighted by molar-refractivity contribution is 9.10. The van der Waals surface area contributed by atoms with Gasteiger partial charge in [0.1, 0.15) is 0 Å². The molecule has 0 bridgehead atoms. The Labute approximate surface area is 87.9 Å². The van der Waals surface area contributed by atoms with E-state index in [0.29, 0.717) is 0 Å². The zero-order chi connectivity index (χ0) is 10.1.